The van der Waals surface area contributed by atoms with E-state index in [2.05, 4.69) is 26.9 Å². The van der Waals surface area contributed by atoms with Crippen molar-refractivity contribution in [1.82, 2.24) is 14.8 Å². The van der Waals surface area contributed by atoms with Crippen molar-refractivity contribution in [2.24, 2.45) is 7.05 Å². The molecule has 8 heteroatoms. The molecule has 0 aliphatic carbocycles. The number of aromatic nitrogens is 1. The number of carbonyl (C=O) groups is 1. The molecule has 4 aromatic rings. The minimum Gasteiger partial charge on any atom is -0.497 e. The number of aryl methyl sites for hydroxylation is 1. The molecule has 0 bridgehead atoms. The number of nitrogens with one attached hydrogen (secondary N) is 1. The number of carbonyl (C=O) groups excluding carboxylic acids is 1. The summed E-state index contributed by atoms with van der Waals surface area (Å²) in [7, 11) is 3.69. The molecule has 1 N–H and O–H groups in total. The van der Waals surface area contributed by atoms with Crippen LogP contribution >= 0.6 is 12.4 Å². The summed E-state index contributed by atoms with van der Waals surface area (Å²) in [5.74, 6) is 0.354. The zero-order valence-corrected chi connectivity index (χ0v) is 22.9. The highest BCUT2D eigenvalue weighted by Crippen LogP contribution is 2.35. The first-order valence-corrected chi connectivity index (χ1v) is 12.8. The van der Waals surface area contributed by atoms with Crippen LogP contribution < -0.4 is 10.1 Å². The van der Waals surface area contributed by atoms with Crippen molar-refractivity contribution in [2.75, 3.05) is 33.4 Å². The Labute approximate surface area is 234 Å². The van der Waals surface area contributed by atoms with Gasteiger partial charge in [0, 0.05) is 55.8 Å². The molecule has 1 fully saturated rings. The summed E-state index contributed by atoms with van der Waals surface area (Å²) in [6.45, 7) is 3.23. The average molecular weight is 550 g/mol. The third-order valence-electron chi connectivity index (χ3n) is 6.94. The number of methoxy groups -OCH3 is 1. The lowest BCUT2D eigenvalue weighted by Gasteiger charge is -2.33. The van der Waals surface area contributed by atoms with E-state index in [0.717, 1.165) is 52.1 Å². The zero-order valence-electron chi connectivity index (χ0n) is 22.1. The number of rotatable bonds is 8. The van der Waals surface area contributed by atoms with E-state index < -0.39 is 0 Å². The summed E-state index contributed by atoms with van der Waals surface area (Å²) in [6.07, 6.45) is 3.35. The van der Waals surface area contributed by atoms with Crippen LogP contribution in [0.1, 0.15) is 11.1 Å². The van der Waals surface area contributed by atoms with Gasteiger partial charge in [0.05, 0.1) is 25.5 Å². The molecule has 1 unspecified atom stereocenters. The van der Waals surface area contributed by atoms with Gasteiger partial charge in [-0.25, -0.2) is 4.39 Å². The molecule has 6 nitrogen and oxygen atoms in total. The maximum atomic E-state index is 13.2. The van der Waals surface area contributed by atoms with E-state index in [1.165, 1.54) is 12.1 Å². The van der Waals surface area contributed by atoms with Crippen LogP contribution in [0.2, 0.25) is 0 Å². The van der Waals surface area contributed by atoms with Crippen molar-refractivity contribution >= 4 is 35.3 Å². The predicted octanol–water partition coefficient (Wildman–Crippen LogP) is 5.45. The smallest absolute Gasteiger partial charge is 0.244 e. The molecule has 3 aromatic carbocycles. The SMILES string of the molecule is COc1ccc2c(c1)c(/C=C/C(=O)NCC1CN(Cc3ccc(F)cc3)CCO1)c(-c1ccccc1)n2C.Cl. The summed E-state index contributed by atoms with van der Waals surface area (Å²) < 4.78 is 26.7. The van der Waals surface area contributed by atoms with Gasteiger partial charge in [0.2, 0.25) is 5.91 Å². The van der Waals surface area contributed by atoms with Crippen molar-refractivity contribution in [1.29, 1.82) is 0 Å². The molecule has 1 atom stereocenters. The molecule has 204 valence electrons. The Bertz CT molecular complexity index is 1440. The van der Waals surface area contributed by atoms with Gasteiger partial charge in [-0.3, -0.25) is 9.69 Å². The van der Waals surface area contributed by atoms with Gasteiger partial charge in [-0.15, -0.1) is 12.4 Å². The van der Waals surface area contributed by atoms with Crippen LogP contribution in [0, 0.1) is 5.82 Å². The van der Waals surface area contributed by atoms with E-state index in [0.29, 0.717) is 19.7 Å². The topological polar surface area (TPSA) is 55.7 Å². The van der Waals surface area contributed by atoms with Crippen molar-refractivity contribution in [2.45, 2.75) is 12.6 Å². The molecule has 0 radical (unpaired) electrons. The number of morpholine rings is 1. The Morgan fingerprint density at radius 1 is 1.13 bits per heavy atom. The maximum Gasteiger partial charge on any atom is 0.244 e. The van der Waals surface area contributed by atoms with Gasteiger partial charge >= 0.3 is 0 Å². The second kappa shape index (κ2) is 12.9. The first kappa shape index (κ1) is 28.4. The van der Waals surface area contributed by atoms with Gasteiger partial charge in [-0.1, -0.05) is 42.5 Å². The minimum atomic E-state index is -0.233. The molecular formula is C31H33ClFN3O3. The number of ether oxygens (including phenoxy) is 2. The average Bonchev–Trinajstić information content (AvgIpc) is 3.23. The summed E-state index contributed by atoms with van der Waals surface area (Å²) in [6, 6.07) is 22.7. The van der Waals surface area contributed by atoms with Crippen LogP contribution in [0.5, 0.6) is 5.75 Å². The summed E-state index contributed by atoms with van der Waals surface area (Å²) in [4.78, 5) is 15.1. The number of nitrogens with zero attached hydrogens (tertiary/aromatic N) is 2. The number of halogens is 2. The van der Waals surface area contributed by atoms with E-state index in [9.17, 15) is 9.18 Å². The first-order valence-electron chi connectivity index (χ1n) is 12.8. The zero-order chi connectivity index (χ0) is 26.5. The van der Waals surface area contributed by atoms with Gasteiger partial charge in [0.15, 0.2) is 0 Å². The summed E-state index contributed by atoms with van der Waals surface area (Å²) >= 11 is 0. The van der Waals surface area contributed by atoms with E-state index >= 15 is 0 Å². The predicted molar refractivity (Wildman–Crippen MR) is 156 cm³/mol. The number of benzene rings is 3. The standard InChI is InChI=1S/C31H32FN3O3.ClH/c1-34-29-14-12-25(37-2)18-28(29)27(31(34)23-6-4-3-5-7-23)13-15-30(36)33-19-26-21-35(16-17-38-26)20-22-8-10-24(32)11-9-22;/h3-15,18,26H,16-17,19-21H2,1-2H3,(H,33,36);1H/b15-13+;. The number of hydrogen-bond donors (Lipinski definition) is 1. The van der Waals surface area contributed by atoms with E-state index in [1.54, 1.807) is 25.3 Å². The van der Waals surface area contributed by atoms with E-state index in [1.807, 2.05) is 49.5 Å². The van der Waals surface area contributed by atoms with Crippen molar-refractivity contribution in [3.63, 3.8) is 0 Å². The van der Waals surface area contributed by atoms with Crippen molar-refractivity contribution in [3.8, 4) is 17.0 Å². The highest BCUT2D eigenvalue weighted by molar-refractivity contribution is 6.01. The van der Waals surface area contributed by atoms with E-state index in [-0.39, 0.29) is 30.2 Å². The highest BCUT2D eigenvalue weighted by Gasteiger charge is 2.21. The molecular weight excluding hydrogens is 517 g/mol. The van der Waals surface area contributed by atoms with Gasteiger partial charge in [-0.2, -0.15) is 0 Å². The molecule has 5 rings (SSSR count). The van der Waals surface area contributed by atoms with Crippen molar-refractivity contribution < 1.29 is 18.7 Å². The monoisotopic (exact) mass is 549 g/mol. The third-order valence-corrected chi connectivity index (χ3v) is 6.94. The summed E-state index contributed by atoms with van der Waals surface area (Å²) in [5.41, 5.74) is 5.18. The fraction of sp³-hybridized carbons (Fsp3) is 0.258. The van der Waals surface area contributed by atoms with Crippen LogP contribution in [0.25, 0.3) is 28.2 Å². The molecule has 39 heavy (non-hydrogen) atoms. The first-order chi connectivity index (χ1) is 18.5. The number of amides is 1. The molecule has 1 aromatic heterocycles. The minimum absolute atomic E-state index is 0. The van der Waals surface area contributed by atoms with E-state index in [4.69, 9.17) is 9.47 Å². The second-order valence-electron chi connectivity index (χ2n) is 9.50. The largest absolute Gasteiger partial charge is 0.497 e. The fourth-order valence-electron chi connectivity index (χ4n) is 5.02. The van der Waals surface area contributed by atoms with Gasteiger partial charge in [0.25, 0.3) is 0 Å². The lowest BCUT2D eigenvalue weighted by atomic mass is 10.0. The molecule has 1 amide bonds. The van der Waals surface area contributed by atoms with Crippen LogP contribution in [0.4, 0.5) is 4.39 Å². The van der Waals surface area contributed by atoms with Crippen molar-refractivity contribution in [3.05, 3.63) is 95.8 Å². The molecule has 1 aliphatic heterocycles. The lowest BCUT2D eigenvalue weighted by Crippen LogP contribution is -2.46. The Hall–Kier alpha value is -3.65. The Balaban J connectivity index is 0.00000353. The second-order valence-corrected chi connectivity index (χ2v) is 9.50. The Morgan fingerprint density at radius 2 is 1.90 bits per heavy atom. The Morgan fingerprint density at radius 3 is 2.64 bits per heavy atom. The molecule has 2 heterocycles. The van der Waals surface area contributed by atoms with Gasteiger partial charge in [-0.05, 0) is 47.5 Å². The highest BCUT2D eigenvalue weighted by atomic mass is 35.5. The quantitative estimate of drug-likeness (QED) is 0.297. The van der Waals surface area contributed by atoms with Crippen LogP contribution in [-0.4, -0.2) is 54.8 Å². The van der Waals surface area contributed by atoms with Crippen LogP contribution in [-0.2, 0) is 23.1 Å². The molecule has 1 aliphatic rings. The molecule has 0 spiro atoms. The van der Waals surface area contributed by atoms with Crippen LogP contribution in [0.15, 0.2) is 78.9 Å². The van der Waals surface area contributed by atoms with Gasteiger partial charge < -0.3 is 19.4 Å². The normalized spacial score (nSPS) is 15.8. The number of hydrogen-bond acceptors (Lipinski definition) is 4. The number of fused-ring (bicyclic) bond motifs is 1. The lowest BCUT2D eigenvalue weighted by molar-refractivity contribution is -0.117. The molecule has 0 saturated carbocycles. The van der Waals surface area contributed by atoms with Crippen LogP contribution in [0.3, 0.4) is 0 Å². The Kier molecular flexibility index (Phi) is 9.41. The fourth-order valence-corrected chi connectivity index (χ4v) is 5.02. The molecule has 1 saturated heterocycles. The van der Waals surface area contributed by atoms with Gasteiger partial charge in [0.1, 0.15) is 11.6 Å². The maximum absolute atomic E-state index is 13.2. The third kappa shape index (κ3) is 6.68. The summed E-state index contributed by atoms with van der Waals surface area (Å²) in [5, 5.41) is 4.01.